The van der Waals surface area contributed by atoms with Gasteiger partial charge in [0.15, 0.2) is 0 Å². The van der Waals surface area contributed by atoms with E-state index in [2.05, 4.69) is 31.2 Å². The van der Waals surface area contributed by atoms with Gasteiger partial charge in [-0.05, 0) is 40.4 Å². The molecule has 47 heavy (non-hydrogen) atoms. The van der Waals surface area contributed by atoms with Crippen molar-refractivity contribution in [3.8, 4) is 0 Å². The van der Waals surface area contributed by atoms with Crippen molar-refractivity contribution in [3.63, 3.8) is 0 Å². The van der Waals surface area contributed by atoms with Crippen molar-refractivity contribution in [2.75, 3.05) is 13.1 Å². The summed E-state index contributed by atoms with van der Waals surface area (Å²) in [6, 6.07) is -4.05. The molecule has 6 N–H and O–H groups in total. The number of nitrogens with one attached hydrogen (secondary N) is 4. The molecule has 2 heterocycles. The second-order valence-electron chi connectivity index (χ2n) is 16.0. The fourth-order valence-corrected chi connectivity index (χ4v) is 6.59. The van der Waals surface area contributed by atoms with Crippen LogP contribution in [0, 0.1) is 34.0 Å². The molecule has 1 saturated heterocycles. The quantitative estimate of drug-likeness (QED) is 0.206. The molecular formula is C33H50N8O6. The second kappa shape index (κ2) is 13.2. The number of amides is 6. The largest absolute Gasteiger partial charge is 0.363 e. The lowest BCUT2D eigenvalue weighted by Crippen LogP contribution is -2.62. The minimum atomic E-state index is -1.11. The van der Waals surface area contributed by atoms with E-state index < -0.39 is 64.5 Å². The third kappa shape index (κ3) is 8.25. The van der Waals surface area contributed by atoms with Crippen molar-refractivity contribution in [2.45, 2.75) is 98.8 Å². The lowest BCUT2D eigenvalue weighted by Gasteiger charge is -2.38. The predicted octanol–water partition coefficient (Wildman–Crippen LogP) is 1.16. The first-order chi connectivity index (χ1) is 21.7. The minimum Gasteiger partial charge on any atom is -0.363 e. The highest BCUT2D eigenvalue weighted by Crippen LogP contribution is 2.65. The smallest absolute Gasteiger partial charge is 0.315 e. The first-order valence-electron chi connectivity index (χ1n) is 16.3. The number of nitrogens with zero attached hydrogens (tertiary/aromatic N) is 3. The van der Waals surface area contributed by atoms with Gasteiger partial charge in [-0.25, -0.2) is 14.8 Å². The summed E-state index contributed by atoms with van der Waals surface area (Å²) < 4.78 is 0. The number of carbonyl (C=O) groups excluding carboxylic acids is 6. The van der Waals surface area contributed by atoms with E-state index >= 15 is 0 Å². The van der Waals surface area contributed by atoms with Gasteiger partial charge in [-0.1, -0.05) is 68.2 Å². The van der Waals surface area contributed by atoms with Crippen LogP contribution in [0.15, 0.2) is 18.7 Å². The maximum Gasteiger partial charge on any atom is 0.315 e. The first-order valence-corrected chi connectivity index (χ1v) is 16.3. The van der Waals surface area contributed by atoms with Gasteiger partial charge in [0.1, 0.15) is 18.4 Å². The van der Waals surface area contributed by atoms with E-state index in [1.165, 1.54) is 23.6 Å². The van der Waals surface area contributed by atoms with Crippen LogP contribution in [0.5, 0.6) is 0 Å². The Balaban J connectivity index is 1.49. The van der Waals surface area contributed by atoms with Crippen LogP contribution in [0.1, 0.15) is 85.0 Å². The summed E-state index contributed by atoms with van der Waals surface area (Å²) in [6.07, 6.45) is 6.27. The van der Waals surface area contributed by atoms with Gasteiger partial charge in [0.05, 0.1) is 17.6 Å². The van der Waals surface area contributed by atoms with Crippen LogP contribution >= 0.6 is 0 Å². The molecule has 1 unspecified atom stereocenters. The highest BCUT2D eigenvalue weighted by atomic mass is 16.2. The minimum absolute atomic E-state index is 0.0641. The Kier molecular flexibility index (Phi) is 10.0. The van der Waals surface area contributed by atoms with Crippen molar-refractivity contribution >= 4 is 35.4 Å². The number of hydrogen-bond donors (Lipinski definition) is 5. The number of likely N-dealkylation sites (tertiary alicyclic amines) is 1. The fourth-order valence-electron chi connectivity index (χ4n) is 6.59. The molecule has 2 saturated carbocycles. The molecule has 14 nitrogen and oxygen atoms in total. The van der Waals surface area contributed by atoms with E-state index in [1.54, 1.807) is 0 Å². The summed E-state index contributed by atoms with van der Waals surface area (Å²) in [6.45, 7) is 15.8. The molecule has 0 bridgehead atoms. The van der Waals surface area contributed by atoms with Gasteiger partial charge in [-0.2, -0.15) is 0 Å². The highest BCUT2D eigenvalue weighted by molar-refractivity contribution is 6.37. The number of aromatic nitrogens is 2. The molecule has 3 fully saturated rings. The summed E-state index contributed by atoms with van der Waals surface area (Å²) in [5.41, 5.74) is 4.17. The van der Waals surface area contributed by atoms with Gasteiger partial charge in [0, 0.05) is 25.5 Å². The molecule has 6 atom stereocenters. The Morgan fingerprint density at radius 3 is 2.11 bits per heavy atom. The predicted molar refractivity (Wildman–Crippen MR) is 172 cm³/mol. The zero-order valence-corrected chi connectivity index (χ0v) is 28.7. The zero-order valence-electron chi connectivity index (χ0n) is 28.7. The number of piperidine rings is 1. The number of carbonyl (C=O) groups is 6. The van der Waals surface area contributed by atoms with Crippen LogP contribution in [0.25, 0.3) is 0 Å². The third-order valence-electron chi connectivity index (χ3n) is 9.93. The maximum absolute atomic E-state index is 14.3. The Hall–Kier alpha value is -4.10. The molecule has 2 aliphatic carbocycles. The normalized spacial score (nSPS) is 23.4. The van der Waals surface area contributed by atoms with Crippen LogP contribution in [0.4, 0.5) is 4.79 Å². The summed E-state index contributed by atoms with van der Waals surface area (Å²) in [7, 11) is 0. The van der Waals surface area contributed by atoms with E-state index in [-0.39, 0.29) is 41.2 Å². The summed E-state index contributed by atoms with van der Waals surface area (Å²) in [5, 5.41) is 11.3. The van der Waals surface area contributed by atoms with Gasteiger partial charge in [-0.15, -0.1) is 0 Å². The van der Waals surface area contributed by atoms with E-state index in [0.29, 0.717) is 13.0 Å². The number of hydrogen-bond acceptors (Lipinski definition) is 8. The van der Waals surface area contributed by atoms with E-state index in [1.807, 2.05) is 55.4 Å². The highest BCUT2D eigenvalue weighted by Gasteiger charge is 2.70. The average Bonchev–Trinajstić information content (AvgIpc) is 3.83. The number of rotatable bonds is 12. The molecule has 0 aromatic carbocycles. The van der Waals surface area contributed by atoms with Crippen molar-refractivity contribution in [3.05, 3.63) is 24.3 Å². The van der Waals surface area contributed by atoms with Crippen LogP contribution in [-0.4, -0.2) is 87.6 Å². The summed E-state index contributed by atoms with van der Waals surface area (Å²) in [5.74, 6) is -3.10. The molecule has 0 spiro atoms. The fraction of sp³-hybridized carbons (Fsp3) is 0.697. The lowest BCUT2D eigenvalue weighted by molar-refractivity contribution is -0.145. The van der Waals surface area contributed by atoms with Gasteiger partial charge in [0.2, 0.25) is 17.6 Å². The van der Waals surface area contributed by atoms with Crippen molar-refractivity contribution < 1.29 is 28.8 Å². The molecule has 1 aromatic rings. The molecule has 258 valence electrons. The monoisotopic (exact) mass is 654 g/mol. The number of nitrogens with two attached hydrogens (primary N) is 1. The van der Waals surface area contributed by atoms with Crippen LogP contribution in [-0.2, 0) is 19.2 Å². The van der Waals surface area contributed by atoms with Gasteiger partial charge in [0.25, 0.3) is 11.8 Å². The Morgan fingerprint density at radius 1 is 0.957 bits per heavy atom. The van der Waals surface area contributed by atoms with Crippen molar-refractivity contribution in [2.24, 2.45) is 39.7 Å². The molecule has 14 heteroatoms. The standard InChI is InChI=1S/C33H50N8O6/c1-31(2,3)21(14-37-27(44)18-12-35-16-36-13-18)39-30(47)40-25(32(4,5)6)29(46)41-15-19-22(33(19,7)8)23(41)28(45)38-20(11-17-9-10-17)24(42)26(34)43/h12-13,16-17,19-23,25H,9-11,14-15H2,1-8H3,(H2,34,43)(H,37,44)(H,38,45)(H2,39,40,47)/t19-,20?,21+,22-,23-,25+/m0/s1. The molecule has 1 aliphatic heterocycles. The average molecular weight is 655 g/mol. The summed E-state index contributed by atoms with van der Waals surface area (Å²) >= 11 is 0. The maximum atomic E-state index is 14.3. The molecule has 1 aromatic heterocycles. The molecule has 0 radical (unpaired) electrons. The lowest BCUT2D eigenvalue weighted by atomic mass is 9.85. The number of urea groups is 1. The third-order valence-corrected chi connectivity index (χ3v) is 9.93. The number of ketones is 1. The van der Waals surface area contributed by atoms with Crippen LogP contribution in [0.3, 0.4) is 0 Å². The van der Waals surface area contributed by atoms with E-state index in [9.17, 15) is 28.8 Å². The SMILES string of the molecule is CC(C)(C)[C@H](NC(=O)N[C@H](CNC(=O)c1cncnc1)C(C)(C)C)C(=O)N1C[C@H]2[C@@H]([C@H]1C(=O)NC(CC1CC1)C(=O)C(N)=O)C2(C)C. The van der Waals surface area contributed by atoms with E-state index in [4.69, 9.17) is 5.73 Å². The molecule has 4 rings (SSSR count). The molecular weight excluding hydrogens is 604 g/mol. The Labute approximate surface area is 276 Å². The Bertz CT molecular complexity index is 1400. The number of primary amides is 1. The summed E-state index contributed by atoms with van der Waals surface area (Å²) in [4.78, 5) is 87.9. The first kappa shape index (κ1) is 35.7. The molecule has 6 amide bonds. The van der Waals surface area contributed by atoms with Crippen molar-refractivity contribution in [1.29, 1.82) is 0 Å². The van der Waals surface area contributed by atoms with Gasteiger partial charge >= 0.3 is 6.03 Å². The van der Waals surface area contributed by atoms with Crippen LogP contribution < -0.4 is 27.0 Å². The molecule has 3 aliphatic rings. The Morgan fingerprint density at radius 2 is 1.57 bits per heavy atom. The number of fused-ring (bicyclic) bond motifs is 1. The van der Waals surface area contributed by atoms with Crippen molar-refractivity contribution in [1.82, 2.24) is 36.1 Å². The number of Topliss-reactive ketones (excluding diaryl/α,β-unsaturated/α-hetero) is 1. The zero-order chi connectivity index (χ0) is 35.1. The van der Waals surface area contributed by atoms with Gasteiger partial charge in [-0.3, -0.25) is 24.0 Å². The topological polar surface area (TPSA) is 206 Å². The second-order valence-corrected chi connectivity index (χ2v) is 16.0. The van der Waals surface area contributed by atoms with E-state index in [0.717, 1.165) is 12.8 Å². The van der Waals surface area contributed by atoms with Crippen LogP contribution in [0.2, 0.25) is 0 Å². The van der Waals surface area contributed by atoms with Gasteiger partial charge < -0.3 is 31.9 Å².